The van der Waals surface area contributed by atoms with Crippen LogP contribution in [0.5, 0.6) is 0 Å². The molecule has 0 bridgehead atoms. The largest absolute Gasteiger partial charge is 0.395 e. The number of nitrogens with one attached hydrogen (secondary N) is 1. The fourth-order valence-electron chi connectivity index (χ4n) is 2.42. The van der Waals surface area contributed by atoms with Crippen LogP contribution in [-0.4, -0.2) is 41.7 Å². The Morgan fingerprint density at radius 1 is 1.42 bits per heavy atom. The SMILES string of the molecule is CCNc1ccccc1C(=O)N(CCO)C1CCC1. The normalized spacial score (nSPS) is 14.8. The maximum Gasteiger partial charge on any atom is 0.256 e. The number of amides is 1. The van der Waals surface area contributed by atoms with Gasteiger partial charge in [0, 0.05) is 24.8 Å². The molecule has 1 aromatic rings. The summed E-state index contributed by atoms with van der Waals surface area (Å²) in [6.07, 6.45) is 3.28. The molecule has 104 valence electrons. The Morgan fingerprint density at radius 2 is 2.16 bits per heavy atom. The predicted octanol–water partition coefficient (Wildman–Crippen LogP) is 2.11. The molecule has 0 unspecified atom stereocenters. The minimum absolute atomic E-state index is 0.0195. The third-order valence-corrected chi connectivity index (χ3v) is 3.64. The lowest BCUT2D eigenvalue weighted by Crippen LogP contribution is -2.45. The van der Waals surface area contributed by atoms with Crippen LogP contribution in [0, 0.1) is 0 Å². The van der Waals surface area contributed by atoms with Gasteiger partial charge in [-0.3, -0.25) is 4.79 Å². The van der Waals surface area contributed by atoms with Gasteiger partial charge >= 0.3 is 0 Å². The second-order valence-corrected chi connectivity index (χ2v) is 4.88. The smallest absolute Gasteiger partial charge is 0.256 e. The first-order chi connectivity index (χ1) is 9.27. The van der Waals surface area contributed by atoms with Gasteiger partial charge in [-0.05, 0) is 38.3 Å². The van der Waals surface area contributed by atoms with Crippen molar-refractivity contribution in [3.8, 4) is 0 Å². The fraction of sp³-hybridized carbons (Fsp3) is 0.533. The molecule has 1 aliphatic rings. The van der Waals surface area contributed by atoms with Crippen LogP contribution in [0.1, 0.15) is 36.5 Å². The van der Waals surface area contributed by atoms with Crippen LogP contribution in [0.2, 0.25) is 0 Å². The Balaban J connectivity index is 2.20. The average molecular weight is 262 g/mol. The van der Waals surface area contributed by atoms with Gasteiger partial charge in [0.15, 0.2) is 0 Å². The molecule has 2 rings (SSSR count). The zero-order valence-electron chi connectivity index (χ0n) is 11.4. The van der Waals surface area contributed by atoms with Crippen molar-refractivity contribution < 1.29 is 9.90 Å². The van der Waals surface area contributed by atoms with Gasteiger partial charge < -0.3 is 15.3 Å². The summed E-state index contributed by atoms with van der Waals surface area (Å²) in [6, 6.07) is 7.88. The van der Waals surface area contributed by atoms with Crippen LogP contribution in [0.25, 0.3) is 0 Å². The van der Waals surface area contributed by atoms with Crippen molar-refractivity contribution in [2.24, 2.45) is 0 Å². The number of aliphatic hydroxyl groups is 1. The second-order valence-electron chi connectivity index (χ2n) is 4.88. The number of para-hydroxylation sites is 1. The molecule has 0 atom stereocenters. The predicted molar refractivity (Wildman–Crippen MR) is 76.4 cm³/mol. The number of anilines is 1. The van der Waals surface area contributed by atoms with Gasteiger partial charge in [0.1, 0.15) is 0 Å². The quantitative estimate of drug-likeness (QED) is 0.825. The lowest BCUT2D eigenvalue weighted by atomic mass is 9.91. The van der Waals surface area contributed by atoms with Crippen LogP contribution in [0.4, 0.5) is 5.69 Å². The van der Waals surface area contributed by atoms with E-state index in [9.17, 15) is 4.79 Å². The third kappa shape index (κ3) is 3.07. The lowest BCUT2D eigenvalue weighted by Gasteiger charge is -2.37. The van der Waals surface area contributed by atoms with Gasteiger partial charge in [-0.1, -0.05) is 12.1 Å². The molecule has 2 N–H and O–H groups in total. The van der Waals surface area contributed by atoms with Crippen molar-refractivity contribution in [1.29, 1.82) is 0 Å². The maximum absolute atomic E-state index is 12.6. The van der Waals surface area contributed by atoms with Gasteiger partial charge in [0.2, 0.25) is 0 Å². The zero-order chi connectivity index (χ0) is 13.7. The minimum atomic E-state index is 0.0195. The van der Waals surface area contributed by atoms with E-state index in [0.717, 1.165) is 25.1 Å². The molecule has 0 spiro atoms. The summed E-state index contributed by atoms with van der Waals surface area (Å²) in [5, 5.41) is 12.4. The summed E-state index contributed by atoms with van der Waals surface area (Å²) in [4.78, 5) is 14.5. The van der Waals surface area contributed by atoms with Crippen molar-refractivity contribution in [3.05, 3.63) is 29.8 Å². The Labute approximate surface area is 114 Å². The molecule has 0 aromatic heterocycles. The second kappa shape index (κ2) is 6.57. The highest BCUT2D eigenvalue weighted by molar-refractivity contribution is 5.99. The first-order valence-electron chi connectivity index (χ1n) is 7.02. The van der Waals surface area contributed by atoms with Crippen LogP contribution in [0.3, 0.4) is 0 Å². The highest BCUT2D eigenvalue weighted by atomic mass is 16.3. The van der Waals surface area contributed by atoms with Crippen molar-refractivity contribution >= 4 is 11.6 Å². The highest BCUT2D eigenvalue weighted by Gasteiger charge is 2.29. The van der Waals surface area contributed by atoms with E-state index in [0.29, 0.717) is 18.2 Å². The van der Waals surface area contributed by atoms with Gasteiger partial charge in [-0.2, -0.15) is 0 Å². The Kier molecular flexibility index (Phi) is 4.80. The zero-order valence-corrected chi connectivity index (χ0v) is 11.4. The summed E-state index contributed by atoms with van der Waals surface area (Å²) < 4.78 is 0. The lowest BCUT2D eigenvalue weighted by molar-refractivity contribution is 0.0527. The molecule has 4 heteroatoms. The third-order valence-electron chi connectivity index (χ3n) is 3.64. The number of nitrogens with zero attached hydrogens (tertiary/aromatic N) is 1. The van der Waals surface area contributed by atoms with Gasteiger partial charge in [0.05, 0.1) is 12.2 Å². The summed E-state index contributed by atoms with van der Waals surface area (Å²) in [5.74, 6) is 0.0234. The van der Waals surface area contributed by atoms with E-state index in [4.69, 9.17) is 5.11 Å². The molecule has 4 nitrogen and oxygen atoms in total. The molecule has 0 heterocycles. The number of carbonyl (C=O) groups is 1. The summed E-state index contributed by atoms with van der Waals surface area (Å²) in [5.41, 5.74) is 1.57. The van der Waals surface area contributed by atoms with E-state index in [2.05, 4.69) is 5.32 Å². The topological polar surface area (TPSA) is 52.6 Å². The van der Waals surface area contributed by atoms with E-state index in [-0.39, 0.29) is 12.5 Å². The molecule has 1 saturated carbocycles. The first kappa shape index (κ1) is 13.9. The standard InChI is InChI=1S/C15H22N2O2/c1-2-16-14-9-4-3-8-13(14)15(19)17(10-11-18)12-6-5-7-12/h3-4,8-9,12,16,18H,2,5-7,10-11H2,1H3. The molecule has 0 saturated heterocycles. The number of carbonyl (C=O) groups excluding carboxylic acids is 1. The van der Waals surface area contributed by atoms with E-state index < -0.39 is 0 Å². The van der Waals surface area contributed by atoms with Gasteiger partial charge in [-0.15, -0.1) is 0 Å². The van der Waals surface area contributed by atoms with E-state index in [1.807, 2.05) is 36.1 Å². The summed E-state index contributed by atoms with van der Waals surface area (Å²) in [6.45, 7) is 3.24. The number of hydrogen-bond donors (Lipinski definition) is 2. The monoisotopic (exact) mass is 262 g/mol. The van der Waals surface area contributed by atoms with Crippen molar-refractivity contribution in [1.82, 2.24) is 4.90 Å². The van der Waals surface area contributed by atoms with E-state index in [1.54, 1.807) is 0 Å². The van der Waals surface area contributed by atoms with Gasteiger partial charge in [0.25, 0.3) is 5.91 Å². The highest BCUT2D eigenvalue weighted by Crippen LogP contribution is 2.27. The molecule has 19 heavy (non-hydrogen) atoms. The summed E-state index contributed by atoms with van der Waals surface area (Å²) in [7, 11) is 0. The van der Waals surface area contributed by atoms with Gasteiger partial charge in [-0.25, -0.2) is 0 Å². The molecular formula is C15H22N2O2. The molecule has 1 aromatic carbocycles. The molecule has 1 amide bonds. The minimum Gasteiger partial charge on any atom is -0.395 e. The van der Waals surface area contributed by atoms with Crippen LogP contribution < -0.4 is 5.32 Å². The number of benzene rings is 1. The van der Waals surface area contributed by atoms with E-state index >= 15 is 0 Å². The number of aliphatic hydroxyl groups excluding tert-OH is 1. The van der Waals surface area contributed by atoms with Crippen LogP contribution in [-0.2, 0) is 0 Å². The summed E-state index contributed by atoms with van der Waals surface area (Å²) >= 11 is 0. The molecule has 1 fully saturated rings. The molecule has 1 aliphatic carbocycles. The van der Waals surface area contributed by atoms with Crippen LogP contribution >= 0.6 is 0 Å². The molecular weight excluding hydrogens is 240 g/mol. The van der Waals surface area contributed by atoms with Crippen molar-refractivity contribution in [2.75, 3.05) is 25.0 Å². The van der Waals surface area contributed by atoms with E-state index in [1.165, 1.54) is 6.42 Å². The van der Waals surface area contributed by atoms with Crippen LogP contribution in [0.15, 0.2) is 24.3 Å². The molecule has 0 aliphatic heterocycles. The first-order valence-corrected chi connectivity index (χ1v) is 7.02. The number of rotatable bonds is 6. The Hall–Kier alpha value is -1.55. The Bertz CT molecular complexity index is 430. The van der Waals surface area contributed by atoms with Crippen molar-refractivity contribution in [2.45, 2.75) is 32.2 Å². The van der Waals surface area contributed by atoms with Crippen molar-refractivity contribution in [3.63, 3.8) is 0 Å². The molecule has 0 radical (unpaired) electrons. The Morgan fingerprint density at radius 3 is 2.74 bits per heavy atom. The number of hydrogen-bond acceptors (Lipinski definition) is 3. The average Bonchev–Trinajstić information content (AvgIpc) is 2.36. The maximum atomic E-state index is 12.6. The fourth-order valence-corrected chi connectivity index (χ4v) is 2.42.